The van der Waals surface area contributed by atoms with Crippen molar-refractivity contribution in [2.75, 3.05) is 76.1 Å². The zero-order chi connectivity index (χ0) is 27.1. The Morgan fingerprint density at radius 2 is 1.79 bits per heavy atom. The largest absolute Gasteiger partial charge is 0.489 e. The molecule has 1 fully saturated rings. The molecule has 0 bridgehead atoms. The van der Waals surface area contributed by atoms with Crippen molar-refractivity contribution in [3.8, 4) is 5.75 Å². The summed E-state index contributed by atoms with van der Waals surface area (Å²) >= 11 is 3.45. The predicted molar refractivity (Wildman–Crippen MR) is 153 cm³/mol. The summed E-state index contributed by atoms with van der Waals surface area (Å²) in [6.07, 6.45) is 1.59. The Morgan fingerprint density at radius 1 is 1.03 bits per heavy atom. The molecule has 0 saturated carbocycles. The lowest BCUT2D eigenvalue weighted by Crippen LogP contribution is -2.44. The van der Waals surface area contributed by atoms with Gasteiger partial charge < -0.3 is 29.9 Å². The number of hydrogen-bond acceptors (Lipinski definition) is 10. The number of rotatable bonds is 11. The van der Waals surface area contributed by atoms with E-state index in [1.807, 2.05) is 18.2 Å². The molecule has 0 amide bonds. The molecule has 4 rings (SSSR count). The highest BCUT2D eigenvalue weighted by molar-refractivity contribution is 9.10. The number of nitrogens with zero attached hydrogens (tertiary/aromatic N) is 4. The molecule has 1 aliphatic rings. The Kier molecular flexibility index (Phi) is 9.39. The highest BCUT2D eigenvalue weighted by Gasteiger charge is 2.19. The third kappa shape index (κ3) is 6.91. The monoisotopic (exact) mass is 605 g/mol. The van der Waals surface area contributed by atoms with E-state index < -0.39 is 10.0 Å². The highest BCUT2D eigenvalue weighted by Crippen LogP contribution is 2.34. The fourth-order valence-corrected chi connectivity index (χ4v) is 5.08. The number of ether oxygens (including phenoxy) is 2. The molecule has 0 spiro atoms. The molecule has 0 atom stereocenters. The number of methoxy groups -OCH3 is 1. The first-order valence-electron chi connectivity index (χ1n) is 12.1. The fraction of sp³-hybridized carbons (Fsp3) is 0.360. The summed E-state index contributed by atoms with van der Waals surface area (Å²) < 4.78 is 39.1. The summed E-state index contributed by atoms with van der Waals surface area (Å²) in [5.74, 6) is 1.37. The van der Waals surface area contributed by atoms with E-state index in [1.165, 1.54) is 13.1 Å². The van der Waals surface area contributed by atoms with E-state index in [4.69, 9.17) is 9.47 Å². The summed E-state index contributed by atoms with van der Waals surface area (Å²) in [5, 5.41) is 6.34. The van der Waals surface area contributed by atoms with Gasteiger partial charge in [0.15, 0.2) is 0 Å². The van der Waals surface area contributed by atoms with Gasteiger partial charge in [0.25, 0.3) is 0 Å². The molecule has 13 heteroatoms. The topological polar surface area (TPSA) is 121 Å². The Hall–Kier alpha value is -2.97. The number of piperazine rings is 1. The molecule has 38 heavy (non-hydrogen) atoms. The first-order chi connectivity index (χ1) is 18.3. The van der Waals surface area contributed by atoms with E-state index in [2.05, 4.69) is 58.1 Å². The fourth-order valence-electron chi connectivity index (χ4n) is 3.91. The van der Waals surface area contributed by atoms with Crippen LogP contribution in [0.25, 0.3) is 0 Å². The van der Waals surface area contributed by atoms with Crippen LogP contribution in [0.1, 0.15) is 0 Å². The molecule has 1 aromatic heterocycles. The normalized spacial score (nSPS) is 14.4. The standard InChI is InChI=1S/C25H32BrN7O4S/c1-27-38(34,35)23-7-5-4-6-21(23)29-24-19(26)17-28-25(31-24)30-20-9-8-18(16-22(20)37-15-14-36-3)33-12-10-32(2)11-13-33/h4-9,16-17,27H,10-15H2,1-3H3,(H2,28,29,30,31). The minimum absolute atomic E-state index is 0.107. The van der Waals surface area contributed by atoms with Crippen LogP contribution in [-0.4, -0.2) is 83.9 Å². The summed E-state index contributed by atoms with van der Waals surface area (Å²) in [4.78, 5) is 13.7. The molecule has 0 radical (unpaired) electrons. The van der Waals surface area contributed by atoms with Crippen molar-refractivity contribution in [1.29, 1.82) is 0 Å². The smallest absolute Gasteiger partial charge is 0.242 e. The van der Waals surface area contributed by atoms with Gasteiger partial charge in [-0.2, -0.15) is 4.98 Å². The third-order valence-electron chi connectivity index (χ3n) is 6.07. The van der Waals surface area contributed by atoms with Gasteiger partial charge in [-0.1, -0.05) is 12.1 Å². The lowest BCUT2D eigenvalue weighted by atomic mass is 10.2. The zero-order valence-corrected chi connectivity index (χ0v) is 24.0. The second-order valence-electron chi connectivity index (χ2n) is 8.66. The molecular formula is C25H32BrN7O4S. The Morgan fingerprint density at radius 3 is 2.53 bits per heavy atom. The number of benzene rings is 2. The molecule has 3 N–H and O–H groups in total. The van der Waals surface area contributed by atoms with Gasteiger partial charge in [0.1, 0.15) is 23.1 Å². The molecule has 204 valence electrons. The van der Waals surface area contributed by atoms with Gasteiger partial charge in [-0.05, 0) is 54.3 Å². The number of sulfonamides is 1. The SMILES string of the molecule is CNS(=O)(=O)c1ccccc1Nc1nc(Nc2ccc(N3CCN(C)CC3)cc2OCCOC)ncc1Br. The van der Waals surface area contributed by atoms with Crippen LogP contribution >= 0.6 is 15.9 Å². The Balaban J connectivity index is 1.59. The maximum atomic E-state index is 12.5. The number of nitrogens with one attached hydrogen (secondary N) is 3. The van der Waals surface area contributed by atoms with E-state index >= 15 is 0 Å². The minimum atomic E-state index is -3.67. The van der Waals surface area contributed by atoms with Crippen LogP contribution in [0, 0.1) is 0 Å². The van der Waals surface area contributed by atoms with Crippen LogP contribution in [-0.2, 0) is 14.8 Å². The van der Waals surface area contributed by atoms with E-state index in [-0.39, 0.29) is 4.90 Å². The van der Waals surface area contributed by atoms with Crippen molar-refractivity contribution in [1.82, 2.24) is 19.6 Å². The number of anilines is 5. The van der Waals surface area contributed by atoms with Gasteiger partial charge in [-0.25, -0.2) is 18.1 Å². The molecule has 3 aromatic rings. The third-order valence-corrected chi connectivity index (χ3v) is 8.12. The number of likely N-dealkylation sites (N-methyl/N-ethyl adjacent to an activating group) is 1. The summed E-state index contributed by atoms with van der Waals surface area (Å²) in [6, 6.07) is 12.6. The Bertz CT molecular complexity index is 1350. The molecule has 11 nitrogen and oxygen atoms in total. The van der Waals surface area contributed by atoms with Crippen molar-refractivity contribution in [3.63, 3.8) is 0 Å². The van der Waals surface area contributed by atoms with Gasteiger partial charge in [-0.15, -0.1) is 0 Å². The second kappa shape index (κ2) is 12.7. The second-order valence-corrected chi connectivity index (χ2v) is 11.4. The molecule has 0 unspecified atom stereocenters. The average Bonchev–Trinajstić information content (AvgIpc) is 2.92. The van der Waals surface area contributed by atoms with Crippen molar-refractivity contribution < 1.29 is 17.9 Å². The summed E-state index contributed by atoms with van der Waals surface area (Å²) in [7, 11) is 1.46. The maximum Gasteiger partial charge on any atom is 0.242 e. The van der Waals surface area contributed by atoms with Crippen LogP contribution in [0.4, 0.5) is 28.8 Å². The van der Waals surface area contributed by atoms with Crippen LogP contribution in [0.15, 0.2) is 58.0 Å². The van der Waals surface area contributed by atoms with Crippen molar-refractivity contribution in [3.05, 3.63) is 53.1 Å². The van der Waals surface area contributed by atoms with Crippen LogP contribution in [0.3, 0.4) is 0 Å². The predicted octanol–water partition coefficient (Wildman–Crippen LogP) is 3.41. The molecule has 0 aliphatic carbocycles. The van der Waals surface area contributed by atoms with Gasteiger partial charge in [0.05, 0.1) is 22.5 Å². The van der Waals surface area contributed by atoms with Crippen LogP contribution in [0.5, 0.6) is 5.75 Å². The first kappa shape index (κ1) is 28.0. The molecular weight excluding hydrogens is 574 g/mol. The molecule has 1 aliphatic heterocycles. The molecule has 1 saturated heterocycles. The Labute approximate surface area is 231 Å². The van der Waals surface area contributed by atoms with Crippen molar-refractivity contribution >= 4 is 54.8 Å². The molecule has 2 heterocycles. The number of hydrogen-bond donors (Lipinski definition) is 3. The van der Waals surface area contributed by atoms with E-state index in [0.29, 0.717) is 46.6 Å². The highest BCUT2D eigenvalue weighted by atomic mass is 79.9. The van der Waals surface area contributed by atoms with Crippen molar-refractivity contribution in [2.45, 2.75) is 4.90 Å². The summed E-state index contributed by atoms with van der Waals surface area (Å²) in [5.41, 5.74) is 2.16. The number of aromatic nitrogens is 2. The minimum Gasteiger partial charge on any atom is -0.489 e. The van der Waals surface area contributed by atoms with Gasteiger partial charge >= 0.3 is 0 Å². The quantitative estimate of drug-likeness (QED) is 0.280. The summed E-state index contributed by atoms with van der Waals surface area (Å²) in [6.45, 7) is 4.73. The van der Waals surface area contributed by atoms with Crippen LogP contribution < -0.4 is 25.0 Å². The van der Waals surface area contributed by atoms with E-state index in [0.717, 1.165) is 31.9 Å². The average molecular weight is 607 g/mol. The first-order valence-corrected chi connectivity index (χ1v) is 14.4. The number of halogens is 1. The number of para-hydroxylation sites is 1. The lowest BCUT2D eigenvalue weighted by molar-refractivity contribution is 0.146. The van der Waals surface area contributed by atoms with Crippen LogP contribution in [0.2, 0.25) is 0 Å². The van der Waals surface area contributed by atoms with E-state index in [1.54, 1.807) is 31.5 Å². The lowest BCUT2D eigenvalue weighted by Gasteiger charge is -2.34. The van der Waals surface area contributed by atoms with Gasteiger partial charge in [0, 0.05) is 51.2 Å². The molecule has 2 aromatic carbocycles. The zero-order valence-electron chi connectivity index (χ0n) is 21.6. The maximum absolute atomic E-state index is 12.5. The van der Waals surface area contributed by atoms with Gasteiger partial charge in [-0.3, -0.25) is 0 Å². The van der Waals surface area contributed by atoms with E-state index in [9.17, 15) is 8.42 Å². The van der Waals surface area contributed by atoms with Gasteiger partial charge in [0.2, 0.25) is 16.0 Å². The van der Waals surface area contributed by atoms with Crippen molar-refractivity contribution in [2.24, 2.45) is 0 Å².